The van der Waals surface area contributed by atoms with Crippen molar-refractivity contribution in [3.63, 3.8) is 0 Å². The van der Waals surface area contributed by atoms with Crippen molar-refractivity contribution in [2.24, 2.45) is 0 Å². The Hall–Kier alpha value is -1.98. The Bertz CT molecular complexity index is 512. The highest BCUT2D eigenvalue weighted by molar-refractivity contribution is 5.75. The smallest absolute Gasteiger partial charge is 0.318 e. The van der Waals surface area contributed by atoms with E-state index < -0.39 is 0 Å². The van der Waals surface area contributed by atoms with Crippen LogP contribution in [0.25, 0.3) is 0 Å². The van der Waals surface area contributed by atoms with E-state index in [1.54, 1.807) is 16.7 Å². The van der Waals surface area contributed by atoms with Crippen LogP contribution in [0.1, 0.15) is 37.8 Å². The summed E-state index contributed by atoms with van der Waals surface area (Å²) in [7, 11) is 0. The van der Waals surface area contributed by atoms with Gasteiger partial charge in [-0.2, -0.15) is 0 Å². The molecule has 0 spiro atoms. The van der Waals surface area contributed by atoms with Crippen molar-refractivity contribution in [1.29, 1.82) is 0 Å². The van der Waals surface area contributed by atoms with Crippen LogP contribution in [0.15, 0.2) is 16.5 Å². The van der Waals surface area contributed by atoms with Gasteiger partial charge >= 0.3 is 6.03 Å². The second kappa shape index (κ2) is 6.65. The van der Waals surface area contributed by atoms with Crippen molar-refractivity contribution in [2.75, 3.05) is 26.2 Å². The number of nitrogens with zero attached hydrogens (tertiary/aromatic N) is 2. The lowest BCUT2D eigenvalue weighted by atomic mass is 10.2. The molecule has 6 nitrogen and oxygen atoms in total. The number of aryl methyl sites for hydroxylation is 1. The second-order valence-corrected chi connectivity index (χ2v) is 5.47. The largest absolute Gasteiger partial charge is 0.464 e. The highest BCUT2D eigenvalue weighted by Crippen LogP contribution is 2.16. The van der Waals surface area contributed by atoms with Crippen molar-refractivity contribution in [1.82, 2.24) is 15.1 Å². The summed E-state index contributed by atoms with van der Waals surface area (Å²) in [5, 5.41) is 2.94. The van der Waals surface area contributed by atoms with Crippen LogP contribution in [0, 0.1) is 6.92 Å². The quantitative estimate of drug-likeness (QED) is 0.906. The third-order valence-corrected chi connectivity index (χ3v) is 3.76. The first-order valence-electron chi connectivity index (χ1n) is 7.34. The summed E-state index contributed by atoms with van der Waals surface area (Å²) in [6, 6.07) is 3.48. The van der Waals surface area contributed by atoms with Gasteiger partial charge < -0.3 is 19.5 Å². The molecule has 1 unspecified atom stereocenters. The van der Waals surface area contributed by atoms with Gasteiger partial charge in [0.15, 0.2) is 0 Å². The number of amides is 3. The SMILES string of the molecule is CC(=O)N1CCCN(C(=O)NC(C)c2ccc(C)o2)CC1. The van der Waals surface area contributed by atoms with E-state index in [-0.39, 0.29) is 18.0 Å². The first-order chi connectivity index (χ1) is 9.97. The Balaban J connectivity index is 1.89. The first kappa shape index (κ1) is 15.4. The summed E-state index contributed by atoms with van der Waals surface area (Å²) in [6.45, 7) is 7.88. The molecule has 1 saturated heterocycles. The highest BCUT2D eigenvalue weighted by atomic mass is 16.3. The molecule has 2 heterocycles. The average molecular weight is 293 g/mol. The molecule has 1 aromatic heterocycles. The van der Waals surface area contributed by atoms with E-state index in [9.17, 15) is 9.59 Å². The molecule has 3 amide bonds. The van der Waals surface area contributed by atoms with Gasteiger partial charge in [-0.05, 0) is 32.4 Å². The fourth-order valence-electron chi connectivity index (χ4n) is 2.47. The fraction of sp³-hybridized carbons (Fsp3) is 0.600. The highest BCUT2D eigenvalue weighted by Gasteiger charge is 2.22. The van der Waals surface area contributed by atoms with Gasteiger partial charge in [-0.3, -0.25) is 4.79 Å². The summed E-state index contributed by atoms with van der Waals surface area (Å²) in [5.41, 5.74) is 0. The third kappa shape index (κ3) is 4.00. The molecule has 2 rings (SSSR count). The molecule has 1 aliphatic rings. The van der Waals surface area contributed by atoms with Crippen LogP contribution in [0.5, 0.6) is 0 Å². The van der Waals surface area contributed by atoms with Crippen LogP contribution in [0.4, 0.5) is 4.79 Å². The van der Waals surface area contributed by atoms with Crippen molar-refractivity contribution in [3.8, 4) is 0 Å². The van der Waals surface area contributed by atoms with Crippen LogP contribution in [-0.4, -0.2) is 47.9 Å². The Morgan fingerprint density at radius 3 is 2.48 bits per heavy atom. The van der Waals surface area contributed by atoms with E-state index in [1.807, 2.05) is 26.0 Å². The standard InChI is InChI=1S/C15H23N3O3/c1-11-5-6-14(21-11)12(2)16-15(20)18-8-4-7-17(9-10-18)13(3)19/h5-6,12H,4,7-10H2,1-3H3,(H,16,20). The minimum absolute atomic E-state index is 0.0664. The third-order valence-electron chi connectivity index (χ3n) is 3.76. The van der Waals surface area contributed by atoms with Crippen LogP contribution in [0.3, 0.4) is 0 Å². The maximum absolute atomic E-state index is 12.3. The molecule has 1 aromatic rings. The molecule has 21 heavy (non-hydrogen) atoms. The maximum atomic E-state index is 12.3. The predicted molar refractivity (Wildman–Crippen MR) is 78.8 cm³/mol. The van der Waals surface area contributed by atoms with Crippen molar-refractivity contribution < 1.29 is 14.0 Å². The maximum Gasteiger partial charge on any atom is 0.318 e. The summed E-state index contributed by atoms with van der Waals surface area (Å²) in [4.78, 5) is 27.2. The lowest BCUT2D eigenvalue weighted by molar-refractivity contribution is -0.128. The first-order valence-corrected chi connectivity index (χ1v) is 7.34. The van der Waals surface area contributed by atoms with Gasteiger partial charge in [-0.1, -0.05) is 0 Å². The molecule has 0 saturated carbocycles. The zero-order valence-electron chi connectivity index (χ0n) is 12.9. The Morgan fingerprint density at radius 1 is 1.19 bits per heavy atom. The Labute approximate surface area is 125 Å². The Morgan fingerprint density at radius 2 is 1.86 bits per heavy atom. The lowest BCUT2D eigenvalue weighted by Gasteiger charge is -2.23. The summed E-state index contributed by atoms with van der Waals surface area (Å²) >= 11 is 0. The molecule has 116 valence electrons. The molecule has 1 aliphatic heterocycles. The van der Waals surface area contributed by atoms with Crippen molar-refractivity contribution in [2.45, 2.75) is 33.2 Å². The molecule has 6 heteroatoms. The zero-order chi connectivity index (χ0) is 15.4. The number of furan rings is 1. The lowest BCUT2D eigenvalue weighted by Crippen LogP contribution is -2.43. The van der Waals surface area contributed by atoms with Crippen LogP contribution in [0.2, 0.25) is 0 Å². The average Bonchev–Trinajstić information content (AvgIpc) is 2.73. The van der Waals surface area contributed by atoms with Gasteiger partial charge in [0.2, 0.25) is 5.91 Å². The summed E-state index contributed by atoms with van der Waals surface area (Å²) < 4.78 is 5.52. The molecular weight excluding hydrogens is 270 g/mol. The number of hydrogen-bond acceptors (Lipinski definition) is 3. The van der Waals surface area contributed by atoms with Gasteiger partial charge in [0.1, 0.15) is 11.5 Å². The number of nitrogens with one attached hydrogen (secondary N) is 1. The molecule has 1 N–H and O–H groups in total. The van der Waals surface area contributed by atoms with Gasteiger partial charge in [0.25, 0.3) is 0 Å². The normalized spacial score (nSPS) is 17.3. The fourth-order valence-corrected chi connectivity index (χ4v) is 2.47. The number of carbonyl (C=O) groups excluding carboxylic acids is 2. The molecule has 0 bridgehead atoms. The van der Waals surface area contributed by atoms with Crippen molar-refractivity contribution in [3.05, 3.63) is 23.7 Å². The summed E-state index contributed by atoms with van der Waals surface area (Å²) in [5.74, 6) is 1.65. The monoisotopic (exact) mass is 293 g/mol. The van der Waals surface area contributed by atoms with Crippen LogP contribution in [-0.2, 0) is 4.79 Å². The van der Waals surface area contributed by atoms with Gasteiger partial charge in [-0.15, -0.1) is 0 Å². The number of hydrogen-bond donors (Lipinski definition) is 1. The zero-order valence-corrected chi connectivity index (χ0v) is 12.9. The molecular formula is C15H23N3O3. The number of urea groups is 1. The second-order valence-electron chi connectivity index (χ2n) is 5.47. The van der Waals surface area contributed by atoms with Gasteiger partial charge in [-0.25, -0.2) is 4.79 Å². The van der Waals surface area contributed by atoms with E-state index in [0.717, 1.165) is 17.9 Å². The molecule has 0 aliphatic carbocycles. The van der Waals surface area contributed by atoms with Crippen LogP contribution >= 0.6 is 0 Å². The number of carbonyl (C=O) groups is 2. The van der Waals surface area contributed by atoms with E-state index >= 15 is 0 Å². The number of rotatable bonds is 2. The molecule has 0 aromatic carbocycles. The topological polar surface area (TPSA) is 65.8 Å². The minimum Gasteiger partial charge on any atom is -0.464 e. The minimum atomic E-state index is -0.168. The van der Waals surface area contributed by atoms with Gasteiger partial charge in [0, 0.05) is 33.1 Å². The Kier molecular flexibility index (Phi) is 4.88. The molecule has 0 radical (unpaired) electrons. The van der Waals surface area contributed by atoms with Crippen LogP contribution < -0.4 is 5.32 Å². The predicted octanol–water partition coefficient (Wildman–Crippen LogP) is 1.91. The molecule has 1 fully saturated rings. The van der Waals surface area contributed by atoms with E-state index in [2.05, 4.69) is 5.32 Å². The summed E-state index contributed by atoms with van der Waals surface area (Å²) in [6.07, 6.45) is 0.807. The van der Waals surface area contributed by atoms with Crippen molar-refractivity contribution >= 4 is 11.9 Å². The van der Waals surface area contributed by atoms with Gasteiger partial charge in [0.05, 0.1) is 6.04 Å². The van der Waals surface area contributed by atoms with E-state index in [1.165, 1.54) is 0 Å². The van der Waals surface area contributed by atoms with E-state index in [0.29, 0.717) is 26.2 Å². The van der Waals surface area contributed by atoms with E-state index in [4.69, 9.17) is 4.42 Å². The molecule has 1 atom stereocenters.